The minimum absolute atomic E-state index is 0.00816. The third kappa shape index (κ3) is 3.08. The van der Waals surface area contributed by atoms with Crippen molar-refractivity contribution in [1.29, 1.82) is 0 Å². The molecule has 23 heavy (non-hydrogen) atoms. The summed E-state index contributed by atoms with van der Waals surface area (Å²) in [4.78, 5) is 27.5. The Morgan fingerprint density at radius 1 is 1.04 bits per heavy atom. The van der Waals surface area contributed by atoms with Gasteiger partial charge in [-0.25, -0.2) is 0 Å². The second-order valence-corrected chi connectivity index (χ2v) is 5.23. The smallest absolute Gasteiger partial charge is 0.272 e. The van der Waals surface area contributed by atoms with Gasteiger partial charge in [0.15, 0.2) is 5.78 Å². The molecule has 0 aromatic heterocycles. The molecule has 2 aromatic rings. The van der Waals surface area contributed by atoms with Crippen LogP contribution in [0.25, 0.3) is 0 Å². The Morgan fingerprint density at radius 3 is 2.48 bits per heavy atom. The van der Waals surface area contributed by atoms with Crippen molar-refractivity contribution in [2.75, 3.05) is 0 Å². The summed E-state index contributed by atoms with van der Waals surface area (Å²) in [5, 5.41) is 11.1. The Morgan fingerprint density at radius 2 is 1.74 bits per heavy atom. The molecule has 0 spiro atoms. The quantitative estimate of drug-likeness (QED) is 0.641. The van der Waals surface area contributed by atoms with Crippen molar-refractivity contribution >= 4 is 17.2 Å². The Labute approximate surface area is 133 Å². The standard InChI is InChI=1S/C18H14N2O3/c21-18-15(13-6-2-1-3-7-13)10-11-19-16(18)12-14-8-4-5-9-17(14)20(22)23/h1-11,15H,12H2. The van der Waals surface area contributed by atoms with Crippen LogP contribution in [0.15, 0.2) is 71.9 Å². The Kier molecular flexibility index (Phi) is 4.10. The predicted octanol–water partition coefficient (Wildman–Crippen LogP) is 3.46. The maximum Gasteiger partial charge on any atom is 0.272 e. The monoisotopic (exact) mass is 306 g/mol. The van der Waals surface area contributed by atoms with Crippen LogP contribution in [-0.4, -0.2) is 16.4 Å². The summed E-state index contributed by atoms with van der Waals surface area (Å²) in [6, 6.07) is 15.9. The van der Waals surface area contributed by atoms with Crippen molar-refractivity contribution in [2.45, 2.75) is 12.3 Å². The van der Waals surface area contributed by atoms with Gasteiger partial charge in [-0.2, -0.15) is 0 Å². The lowest BCUT2D eigenvalue weighted by atomic mass is 9.88. The van der Waals surface area contributed by atoms with Gasteiger partial charge in [-0.15, -0.1) is 0 Å². The molecule has 2 aromatic carbocycles. The number of allylic oxidation sites excluding steroid dienone is 1. The fraction of sp³-hybridized carbons (Fsp3) is 0.111. The van der Waals surface area contributed by atoms with E-state index < -0.39 is 4.92 Å². The van der Waals surface area contributed by atoms with Crippen molar-refractivity contribution in [1.82, 2.24) is 0 Å². The third-order valence-corrected chi connectivity index (χ3v) is 3.78. The number of nitro benzene ring substituents is 1. The Balaban J connectivity index is 1.87. The number of rotatable bonds is 4. The predicted molar refractivity (Wildman–Crippen MR) is 87.6 cm³/mol. The molecule has 5 nitrogen and oxygen atoms in total. The molecular formula is C18H14N2O3. The van der Waals surface area contributed by atoms with Gasteiger partial charge in [0.1, 0.15) is 0 Å². The first-order valence-corrected chi connectivity index (χ1v) is 7.21. The number of nitro groups is 1. The highest BCUT2D eigenvalue weighted by atomic mass is 16.6. The van der Waals surface area contributed by atoms with E-state index in [0.29, 0.717) is 11.3 Å². The number of hydrogen-bond donors (Lipinski definition) is 0. The van der Waals surface area contributed by atoms with Crippen molar-refractivity contribution in [3.8, 4) is 0 Å². The zero-order chi connectivity index (χ0) is 16.2. The summed E-state index contributed by atoms with van der Waals surface area (Å²) >= 11 is 0. The van der Waals surface area contributed by atoms with Crippen LogP contribution in [0.3, 0.4) is 0 Å². The van der Waals surface area contributed by atoms with Gasteiger partial charge in [-0.3, -0.25) is 19.9 Å². The van der Waals surface area contributed by atoms with E-state index in [1.807, 2.05) is 30.3 Å². The zero-order valence-corrected chi connectivity index (χ0v) is 12.3. The number of carbonyl (C=O) groups excluding carboxylic acids is 1. The van der Waals surface area contributed by atoms with Gasteiger partial charge in [-0.1, -0.05) is 54.6 Å². The lowest BCUT2D eigenvalue weighted by molar-refractivity contribution is -0.385. The lowest BCUT2D eigenvalue weighted by Gasteiger charge is -2.16. The van der Waals surface area contributed by atoms with Crippen LogP contribution in [0.1, 0.15) is 17.0 Å². The largest absolute Gasteiger partial charge is 0.292 e. The molecule has 0 fully saturated rings. The van der Waals surface area contributed by atoms with E-state index in [2.05, 4.69) is 4.99 Å². The van der Waals surface area contributed by atoms with Crippen LogP contribution in [0, 0.1) is 10.1 Å². The van der Waals surface area contributed by atoms with Crippen LogP contribution in [-0.2, 0) is 11.2 Å². The first-order chi connectivity index (χ1) is 11.2. The molecule has 1 atom stereocenters. The highest BCUT2D eigenvalue weighted by Crippen LogP contribution is 2.25. The topological polar surface area (TPSA) is 72.6 Å². The molecule has 114 valence electrons. The second kappa shape index (κ2) is 6.36. The maximum absolute atomic E-state index is 12.7. The molecule has 1 unspecified atom stereocenters. The third-order valence-electron chi connectivity index (χ3n) is 3.78. The van der Waals surface area contributed by atoms with Gasteiger partial charge >= 0.3 is 0 Å². The average molecular weight is 306 g/mol. The van der Waals surface area contributed by atoms with Crippen molar-refractivity contribution < 1.29 is 9.72 Å². The van der Waals surface area contributed by atoms with Crippen LogP contribution in [0.2, 0.25) is 0 Å². The van der Waals surface area contributed by atoms with E-state index in [-0.39, 0.29) is 23.8 Å². The number of nitrogens with zero attached hydrogens (tertiary/aromatic N) is 2. The first-order valence-electron chi connectivity index (χ1n) is 7.21. The summed E-state index contributed by atoms with van der Waals surface area (Å²) in [7, 11) is 0. The number of Topliss-reactive ketones (excluding diaryl/α,β-unsaturated/α-hetero) is 1. The average Bonchev–Trinajstić information content (AvgIpc) is 2.58. The second-order valence-electron chi connectivity index (χ2n) is 5.23. The van der Waals surface area contributed by atoms with Gasteiger partial charge < -0.3 is 0 Å². The zero-order valence-electron chi connectivity index (χ0n) is 12.3. The van der Waals surface area contributed by atoms with Crippen molar-refractivity contribution in [3.05, 3.63) is 88.1 Å². The van der Waals surface area contributed by atoms with Gasteiger partial charge in [0.05, 0.1) is 16.6 Å². The highest BCUT2D eigenvalue weighted by molar-refractivity contribution is 6.43. The van der Waals surface area contributed by atoms with E-state index >= 15 is 0 Å². The molecule has 3 rings (SSSR count). The fourth-order valence-corrected chi connectivity index (χ4v) is 2.62. The number of benzene rings is 2. The summed E-state index contributed by atoms with van der Waals surface area (Å²) in [6.07, 6.45) is 3.51. The molecule has 1 aliphatic heterocycles. The molecule has 0 N–H and O–H groups in total. The van der Waals surface area contributed by atoms with Gasteiger partial charge in [0, 0.05) is 24.3 Å². The maximum atomic E-state index is 12.7. The van der Waals surface area contributed by atoms with E-state index in [1.165, 1.54) is 6.07 Å². The molecular weight excluding hydrogens is 292 g/mol. The molecule has 1 heterocycles. The first kappa shape index (κ1) is 14.8. The van der Waals surface area contributed by atoms with Gasteiger partial charge in [0.2, 0.25) is 0 Å². The van der Waals surface area contributed by atoms with Crippen LogP contribution in [0.5, 0.6) is 0 Å². The molecule has 0 radical (unpaired) electrons. The Hall–Kier alpha value is -3.08. The number of carbonyl (C=O) groups is 1. The number of ketones is 1. The number of aliphatic imine (C=N–C) groups is 1. The molecule has 5 heteroatoms. The molecule has 0 bridgehead atoms. The van der Waals surface area contributed by atoms with Crippen LogP contribution in [0.4, 0.5) is 5.69 Å². The normalized spacial score (nSPS) is 17.0. The summed E-state index contributed by atoms with van der Waals surface area (Å²) < 4.78 is 0. The highest BCUT2D eigenvalue weighted by Gasteiger charge is 2.26. The summed E-state index contributed by atoms with van der Waals surface area (Å²) in [5.74, 6) is -0.497. The molecule has 0 saturated heterocycles. The molecule has 0 amide bonds. The van der Waals surface area contributed by atoms with Crippen LogP contribution >= 0.6 is 0 Å². The Bertz CT molecular complexity index is 810. The minimum atomic E-state index is -0.437. The molecule has 1 aliphatic rings. The minimum Gasteiger partial charge on any atom is -0.292 e. The van der Waals surface area contributed by atoms with E-state index in [9.17, 15) is 14.9 Å². The molecule has 0 aliphatic carbocycles. The summed E-state index contributed by atoms with van der Waals surface area (Å²) in [5.41, 5.74) is 1.74. The van der Waals surface area contributed by atoms with Crippen molar-refractivity contribution in [2.24, 2.45) is 4.99 Å². The summed E-state index contributed by atoms with van der Waals surface area (Å²) in [6.45, 7) is 0. The lowest BCUT2D eigenvalue weighted by Crippen LogP contribution is -2.25. The van der Waals surface area contributed by atoms with Gasteiger partial charge in [0.25, 0.3) is 5.69 Å². The van der Waals surface area contributed by atoms with Gasteiger partial charge in [-0.05, 0) is 5.56 Å². The fourth-order valence-electron chi connectivity index (χ4n) is 2.62. The van der Waals surface area contributed by atoms with E-state index in [4.69, 9.17) is 0 Å². The van der Waals surface area contributed by atoms with Crippen molar-refractivity contribution in [3.63, 3.8) is 0 Å². The number of para-hydroxylation sites is 1. The number of hydrogen-bond acceptors (Lipinski definition) is 4. The molecule has 0 saturated carbocycles. The van der Waals surface area contributed by atoms with E-state index in [1.54, 1.807) is 30.5 Å². The van der Waals surface area contributed by atoms with E-state index in [0.717, 1.165) is 5.56 Å². The van der Waals surface area contributed by atoms with Crippen LogP contribution < -0.4 is 0 Å². The SMILES string of the molecule is O=C1C(Cc2ccccc2[N+](=O)[O-])=NC=CC1c1ccccc1.